The van der Waals surface area contributed by atoms with E-state index >= 15 is 0 Å². The smallest absolute Gasteiger partial charge is 0.121 e. The average Bonchev–Trinajstić information content (AvgIpc) is 1.62. The highest BCUT2D eigenvalue weighted by Gasteiger charge is 2.12. The number of nitrogens with one attached hydrogen (secondary N) is 1. The summed E-state index contributed by atoms with van der Waals surface area (Å²) in [4.78, 5) is 0. The van der Waals surface area contributed by atoms with Crippen molar-refractivity contribution in [2.75, 3.05) is 6.26 Å². The van der Waals surface area contributed by atoms with Gasteiger partial charge in [0.1, 0.15) is 4.38 Å². The summed E-state index contributed by atoms with van der Waals surface area (Å²) < 4.78 is 0.891. The standard InChI is InChI=1S/C6H13NS2/c1-6(2,3)9-5(7)8-4/h7H,1-4H3. The van der Waals surface area contributed by atoms with Gasteiger partial charge in [0, 0.05) is 4.75 Å². The lowest BCUT2D eigenvalue weighted by Gasteiger charge is -2.16. The molecule has 0 aliphatic rings. The quantitative estimate of drug-likeness (QED) is 0.438. The molecule has 0 saturated carbocycles. The fourth-order valence-corrected chi connectivity index (χ4v) is 1.96. The van der Waals surface area contributed by atoms with Crippen LogP contribution in [-0.2, 0) is 0 Å². The molecule has 9 heavy (non-hydrogen) atoms. The van der Waals surface area contributed by atoms with E-state index in [0.29, 0.717) is 4.38 Å². The molecule has 0 aromatic carbocycles. The van der Waals surface area contributed by atoms with Crippen molar-refractivity contribution in [1.29, 1.82) is 5.41 Å². The normalized spacial score (nSPS) is 11.6. The van der Waals surface area contributed by atoms with Crippen molar-refractivity contribution in [3.05, 3.63) is 0 Å². The van der Waals surface area contributed by atoms with Crippen LogP contribution in [0, 0.1) is 5.41 Å². The van der Waals surface area contributed by atoms with Crippen molar-refractivity contribution in [3.8, 4) is 0 Å². The summed E-state index contributed by atoms with van der Waals surface area (Å²) in [7, 11) is 0. The number of thioether (sulfide) groups is 2. The van der Waals surface area contributed by atoms with E-state index in [1.807, 2.05) is 6.26 Å². The van der Waals surface area contributed by atoms with E-state index in [0.717, 1.165) is 0 Å². The van der Waals surface area contributed by atoms with E-state index in [4.69, 9.17) is 5.41 Å². The molecule has 0 aromatic rings. The first-order chi connectivity index (χ1) is 3.95. The van der Waals surface area contributed by atoms with Crippen molar-refractivity contribution >= 4 is 27.9 Å². The van der Waals surface area contributed by atoms with Crippen molar-refractivity contribution in [2.24, 2.45) is 0 Å². The van der Waals surface area contributed by atoms with Crippen LogP contribution in [0.2, 0.25) is 0 Å². The zero-order chi connectivity index (χ0) is 7.49. The van der Waals surface area contributed by atoms with E-state index in [-0.39, 0.29) is 4.75 Å². The molecule has 0 heterocycles. The van der Waals surface area contributed by atoms with Crippen LogP contribution in [0.25, 0.3) is 0 Å². The number of hydrogen-bond donors (Lipinski definition) is 1. The van der Waals surface area contributed by atoms with Gasteiger partial charge >= 0.3 is 0 Å². The molecule has 0 amide bonds. The van der Waals surface area contributed by atoms with Gasteiger partial charge in [0.2, 0.25) is 0 Å². The number of hydrogen-bond acceptors (Lipinski definition) is 3. The Kier molecular flexibility index (Phi) is 3.66. The largest absolute Gasteiger partial charge is 0.288 e. The van der Waals surface area contributed by atoms with Crippen LogP contribution >= 0.6 is 23.5 Å². The van der Waals surface area contributed by atoms with Gasteiger partial charge in [0.15, 0.2) is 0 Å². The Hall–Kier alpha value is 0.370. The van der Waals surface area contributed by atoms with E-state index in [1.165, 1.54) is 11.8 Å². The molecule has 1 nitrogen and oxygen atoms in total. The second kappa shape index (κ2) is 3.52. The maximum atomic E-state index is 7.32. The molecule has 0 aliphatic heterocycles. The molecule has 0 saturated heterocycles. The van der Waals surface area contributed by atoms with E-state index in [2.05, 4.69) is 20.8 Å². The molecular weight excluding hydrogens is 150 g/mol. The van der Waals surface area contributed by atoms with Gasteiger partial charge in [-0.3, -0.25) is 5.41 Å². The lowest BCUT2D eigenvalue weighted by Crippen LogP contribution is -2.09. The SMILES string of the molecule is CSC(=N)SC(C)(C)C. The molecule has 0 aliphatic carbocycles. The minimum Gasteiger partial charge on any atom is -0.288 e. The first-order valence-corrected chi connectivity index (χ1v) is 4.81. The highest BCUT2D eigenvalue weighted by Crippen LogP contribution is 2.27. The summed E-state index contributed by atoms with van der Waals surface area (Å²) in [6.07, 6.45) is 1.93. The van der Waals surface area contributed by atoms with Gasteiger partial charge in [0.25, 0.3) is 0 Å². The fraction of sp³-hybridized carbons (Fsp3) is 0.833. The van der Waals surface area contributed by atoms with Crippen LogP contribution < -0.4 is 0 Å². The van der Waals surface area contributed by atoms with Crippen molar-refractivity contribution in [1.82, 2.24) is 0 Å². The van der Waals surface area contributed by atoms with Gasteiger partial charge in [-0.15, -0.1) is 11.8 Å². The summed E-state index contributed by atoms with van der Waals surface area (Å²) in [6, 6.07) is 0. The van der Waals surface area contributed by atoms with E-state index in [1.54, 1.807) is 11.8 Å². The first-order valence-electron chi connectivity index (χ1n) is 2.77. The molecule has 1 N–H and O–H groups in total. The predicted molar refractivity (Wildman–Crippen MR) is 48.6 cm³/mol. The average molecular weight is 163 g/mol. The fourth-order valence-electron chi connectivity index (χ4n) is 0.320. The van der Waals surface area contributed by atoms with E-state index < -0.39 is 0 Å². The molecule has 3 heteroatoms. The molecular formula is C6H13NS2. The van der Waals surface area contributed by atoms with Crippen LogP contribution in [-0.4, -0.2) is 15.4 Å². The molecule has 0 bridgehead atoms. The minimum atomic E-state index is 0.195. The summed E-state index contributed by atoms with van der Waals surface area (Å²) in [5.41, 5.74) is 0. The Bertz CT molecular complexity index is 104. The first kappa shape index (κ1) is 9.37. The summed E-state index contributed by atoms with van der Waals surface area (Å²) >= 11 is 3.10. The number of rotatable bonds is 0. The zero-order valence-corrected chi connectivity index (χ0v) is 7.95. The van der Waals surface area contributed by atoms with Gasteiger partial charge in [0.05, 0.1) is 0 Å². The Labute approximate surface area is 65.5 Å². The van der Waals surface area contributed by atoms with Crippen molar-refractivity contribution in [2.45, 2.75) is 25.5 Å². The van der Waals surface area contributed by atoms with Crippen LogP contribution in [0.15, 0.2) is 0 Å². The topological polar surface area (TPSA) is 23.9 Å². The molecule has 0 spiro atoms. The lowest BCUT2D eigenvalue weighted by molar-refractivity contribution is 0.809. The Morgan fingerprint density at radius 2 is 1.78 bits per heavy atom. The minimum absolute atomic E-state index is 0.195. The van der Waals surface area contributed by atoms with Gasteiger partial charge in [-0.05, 0) is 6.26 Å². The van der Waals surface area contributed by atoms with Gasteiger partial charge in [-0.1, -0.05) is 32.5 Å². The Morgan fingerprint density at radius 1 is 1.33 bits per heavy atom. The van der Waals surface area contributed by atoms with Crippen LogP contribution in [0.1, 0.15) is 20.8 Å². The van der Waals surface area contributed by atoms with Crippen LogP contribution in [0.3, 0.4) is 0 Å². The molecule has 0 radical (unpaired) electrons. The summed E-state index contributed by atoms with van der Waals surface area (Å²) in [5, 5.41) is 7.32. The second-order valence-electron chi connectivity index (χ2n) is 2.71. The molecule has 0 atom stereocenters. The van der Waals surface area contributed by atoms with Crippen LogP contribution in [0.5, 0.6) is 0 Å². The zero-order valence-electron chi connectivity index (χ0n) is 6.32. The predicted octanol–water partition coefficient (Wildman–Crippen LogP) is 2.82. The maximum absolute atomic E-state index is 7.32. The van der Waals surface area contributed by atoms with Gasteiger partial charge in [-0.2, -0.15) is 0 Å². The third kappa shape index (κ3) is 6.25. The third-order valence-electron chi connectivity index (χ3n) is 0.584. The molecule has 54 valence electrons. The highest BCUT2D eigenvalue weighted by atomic mass is 32.2. The van der Waals surface area contributed by atoms with Crippen molar-refractivity contribution < 1.29 is 0 Å². The van der Waals surface area contributed by atoms with Gasteiger partial charge < -0.3 is 0 Å². The van der Waals surface area contributed by atoms with Crippen LogP contribution in [0.4, 0.5) is 0 Å². The summed E-state index contributed by atoms with van der Waals surface area (Å²) in [6.45, 7) is 6.34. The molecule has 0 rings (SSSR count). The molecule has 0 aromatic heterocycles. The lowest BCUT2D eigenvalue weighted by atomic mass is 10.3. The Balaban J connectivity index is 3.60. The third-order valence-corrected chi connectivity index (χ3v) is 2.50. The Morgan fingerprint density at radius 3 is 1.89 bits per heavy atom. The highest BCUT2D eigenvalue weighted by molar-refractivity contribution is 8.38. The van der Waals surface area contributed by atoms with E-state index in [9.17, 15) is 0 Å². The monoisotopic (exact) mass is 163 g/mol. The summed E-state index contributed by atoms with van der Waals surface area (Å²) in [5.74, 6) is 0. The van der Waals surface area contributed by atoms with Gasteiger partial charge in [-0.25, -0.2) is 0 Å². The second-order valence-corrected chi connectivity index (χ2v) is 5.62. The molecule has 0 unspecified atom stereocenters. The molecule has 0 fully saturated rings. The maximum Gasteiger partial charge on any atom is 0.121 e. The van der Waals surface area contributed by atoms with Crippen molar-refractivity contribution in [3.63, 3.8) is 0 Å².